The Kier molecular flexibility index (Phi) is 2.47. The van der Waals surface area contributed by atoms with Gasteiger partial charge < -0.3 is 4.74 Å². The van der Waals surface area contributed by atoms with Crippen LogP contribution < -0.4 is 4.74 Å². The Morgan fingerprint density at radius 3 is 2.82 bits per heavy atom. The number of aromatic nitrogens is 1. The predicted octanol–water partition coefficient (Wildman–Crippen LogP) is 1.76. The molecule has 0 bridgehead atoms. The standard InChI is InChI=1S/C9H12NO/c1-4-8-5-6-9(11-3)10-7(8)2/h5H,4H2,1-3H3. The van der Waals surface area contributed by atoms with E-state index in [4.69, 9.17) is 4.74 Å². The van der Waals surface area contributed by atoms with E-state index < -0.39 is 0 Å². The maximum absolute atomic E-state index is 4.93. The van der Waals surface area contributed by atoms with Crippen molar-refractivity contribution in [3.63, 3.8) is 0 Å². The van der Waals surface area contributed by atoms with Crippen LogP contribution in [0.5, 0.6) is 5.88 Å². The van der Waals surface area contributed by atoms with Crippen molar-refractivity contribution in [2.45, 2.75) is 20.3 Å². The van der Waals surface area contributed by atoms with Gasteiger partial charge >= 0.3 is 0 Å². The highest BCUT2D eigenvalue weighted by atomic mass is 16.5. The first-order valence-corrected chi connectivity index (χ1v) is 3.70. The zero-order valence-electron chi connectivity index (χ0n) is 7.14. The number of pyridine rings is 1. The van der Waals surface area contributed by atoms with Gasteiger partial charge in [0.15, 0.2) is 0 Å². The van der Waals surface area contributed by atoms with E-state index in [0.29, 0.717) is 5.88 Å². The molecule has 0 unspecified atom stereocenters. The molecular formula is C9H12NO. The van der Waals surface area contributed by atoms with Gasteiger partial charge in [0, 0.05) is 11.8 Å². The normalized spacial score (nSPS) is 9.73. The van der Waals surface area contributed by atoms with Crippen LogP contribution in [0.4, 0.5) is 0 Å². The van der Waals surface area contributed by atoms with Crippen LogP contribution in [-0.2, 0) is 6.42 Å². The zero-order chi connectivity index (χ0) is 8.27. The third-order valence-corrected chi connectivity index (χ3v) is 1.68. The highest BCUT2D eigenvalue weighted by Gasteiger charge is 1.98. The molecule has 2 nitrogen and oxygen atoms in total. The second-order valence-corrected chi connectivity index (χ2v) is 2.37. The minimum Gasteiger partial charge on any atom is -0.481 e. The first-order valence-electron chi connectivity index (χ1n) is 3.70. The lowest BCUT2D eigenvalue weighted by atomic mass is 10.1. The zero-order valence-corrected chi connectivity index (χ0v) is 7.14. The molecule has 0 aliphatic rings. The Bertz CT molecular complexity index is 245. The fourth-order valence-corrected chi connectivity index (χ4v) is 0.972. The molecular weight excluding hydrogens is 138 g/mol. The summed E-state index contributed by atoms with van der Waals surface area (Å²) in [5, 5.41) is 0. The van der Waals surface area contributed by atoms with Crippen molar-refractivity contribution in [2.24, 2.45) is 0 Å². The summed E-state index contributed by atoms with van der Waals surface area (Å²) >= 11 is 0. The lowest BCUT2D eigenvalue weighted by Crippen LogP contribution is -1.94. The molecule has 0 aliphatic carbocycles. The van der Waals surface area contributed by atoms with Crippen molar-refractivity contribution in [1.82, 2.24) is 4.98 Å². The first-order chi connectivity index (χ1) is 5.27. The van der Waals surface area contributed by atoms with Crippen molar-refractivity contribution in [3.8, 4) is 5.88 Å². The van der Waals surface area contributed by atoms with Crippen LogP contribution in [0.15, 0.2) is 6.07 Å². The molecule has 1 rings (SSSR count). The summed E-state index contributed by atoms with van der Waals surface area (Å²) in [5.41, 5.74) is 2.26. The summed E-state index contributed by atoms with van der Waals surface area (Å²) in [6, 6.07) is 4.88. The van der Waals surface area contributed by atoms with E-state index in [1.165, 1.54) is 5.56 Å². The molecule has 1 aromatic heterocycles. The van der Waals surface area contributed by atoms with Crippen molar-refractivity contribution in [1.29, 1.82) is 0 Å². The van der Waals surface area contributed by atoms with Gasteiger partial charge in [-0.3, -0.25) is 0 Å². The largest absolute Gasteiger partial charge is 0.481 e. The Balaban J connectivity index is 2.99. The van der Waals surface area contributed by atoms with Gasteiger partial charge in [-0.1, -0.05) is 6.92 Å². The summed E-state index contributed by atoms with van der Waals surface area (Å²) in [4.78, 5) is 4.18. The van der Waals surface area contributed by atoms with E-state index in [9.17, 15) is 0 Å². The highest BCUT2D eigenvalue weighted by Crippen LogP contribution is 2.10. The van der Waals surface area contributed by atoms with Crippen LogP contribution in [0.25, 0.3) is 0 Å². The molecule has 1 radical (unpaired) electrons. The molecule has 0 atom stereocenters. The minimum absolute atomic E-state index is 0.569. The molecule has 0 saturated carbocycles. The topological polar surface area (TPSA) is 22.1 Å². The van der Waals surface area contributed by atoms with Gasteiger partial charge in [0.05, 0.1) is 7.11 Å². The van der Waals surface area contributed by atoms with Crippen LogP contribution in [0.3, 0.4) is 0 Å². The van der Waals surface area contributed by atoms with E-state index in [0.717, 1.165) is 12.1 Å². The van der Waals surface area contributed by atoms with Gasteiger partial charge in [-0.25, -0.2) is 4.98 Å². The van der Waals surface area contributed by atoms with Gasteiger partial charge in [0.1, 0.15) is 0 Å². The lowest BCUT2D eigenvalue weighted by molar-refractivity contribution is 0.395. The third kappa shape index (κ3) is 1.70. The molecule has 59 valence electrons. The molecule has 1 aromatic rings. The van der Waals surface area contributed by atoms with Crippen LogP contribution >= 0.6 is 0 Å². The smallest absolute Gasteiger partial charge is 0.221 e. The maximum atomic E-state index is 4.93. The summed E-state index contributed by atoms with van der Waals surface area (Å²) in [7, 11) is 1.60. The molecule has 0 spiro atoms. The first kappa shape index (κ1) is 8.05. The summed E-state index contributed by atoms with van der Waals surface area (Å²) in [5.74, 6) is 0.569. The summed E-state index contributed by atoms with van der Waals surface area (Å²) < 4.78 is 4.93. The van der Waals surface area contributed by atoms with Gasteiger partial charge in [-0.05, 0) is 25.0 Å². The van der Waals surface area contributed by atoms with Crippen molar-refractivity contribution in [3.05, 3.63) is 23.4 Å². The van der Waals surface area contributed by atoms with Crippen LogP contribution in [0, 0.1) is 13.0 Å². The molecule has 1 heterocycles. The Morgan fingerprint density at radius 1 is 1.64 bits per heavy atom. The lowest BCUT2D eigenvalue weighted by Gasteiger charge is -2.02. The molecule has 0 amide bonds. The summed E-state index contributed by atoms with van der Waals surface area (Å²) in [6.07, 6.45) is 0.999. The fraction of sp³-hybridized carbons (Fsp3) is 0.444. The average Bonchev–Trinajstić information content (AvgIpc) is 2.04. The fourth-order valence-electron chi connectivity index (χ4n) is 0.972. The van der Waals surface area contributed by atoms with Gasteiger partial charge in [0.2, 0.25) is 5.88 Å². The summed E-state index contributed by atoms with van der Waals surface area (Å²) in [6.45, 7) is 4.08. The molecule has 0 aromatic carbocycles. The minimum atomic E-state index is 0.569. The van der Waals surface area contributed by atoms with Gasteiger partial charge in [-0.15, -0.1) is 0 Å². The quantitative estimate of drug-likeness (QED) is 0.641. The van der Waals surface area contributed by atoms with Gasteiger partial charge in [-0.2, -0.15) is 0 Å². The Hall–Kier alpha value is -1.05. The van der Waals surface area contributed by atoms with Crippen LogP contribution in [0.2, 0.25) is 0 Å². The molecule has 0 aliphatic heterocycles. The van der Waals surface area contributed by atoms with Crippen LogP contribution in [-0.4, -0.2) is 12.1 Å². The second-order valence-electron chi connectivity index (χ2n) is 2.37. The SMILES string of the molecule is CCc1c[c]c(OC)nc1C. The number of rotatable bonds is 2. The van der Waals surface area contributed by atoms with E-state index >= 15 is 0 Å². The molecule has 11 heavy (non-hydrogen) atoms. The molecule has 0 saturated heterocycles. The number of hydrogen-bond donors (Lipinski definition) is 0. The van der Waals surface area contributed by atoms with E-state index in [-0.39, 0.29) is 0 Å². The van der Waals surface area contributed by atoms with E-state index in [1.54, 1.807) is 7.11 Å². The molecule has 0 N–H and O–H groups in total. The monoisotopic (exact) mass is 150 g/mol. The number of nitrogens with zero attached hydrogens (tertiary/aromatic N) is 1. The van der Waals surface area contributed by atoms with Crippen molar-refractivity contribution in [2.75, 3.05) is 7.11 Å². The molecule has 2 heteroatoms. The Morgan fingerprint density at radius 2 is 2.36 bits per heavy atom. The maximum Gasteiger partial charge on any atom is 0.221 e. The van der Waals surface area contributed by atoms with Crippen LogP contribution in [0.1, 0.15) is 18.2 Å². The van der Waals surface area contributed by atoms with E-state index in [2.05, 4.69) is 18.0 Å². The number of hydrogen-bond acceptors (Lipinski definition) is 2. The predicted molar refractivity (Wildman–Crippen MR) is 43.7 cm³/mol. The highest BCUT2D eigenvalue weighted by molar-refractivity contribution is 5.23. The van der Waals surface area contributed by atoms with Crippen molar-refractivity contribution >= 4 is 0 Å². The average molecular weight is 150 g/mol. The number of ether oxygens (including phenoxy) is 1. The number of methoxy groups -OCH3 is 1. The van der Waals surface area contributed by atoms with Crippen molar-refractivity contribution < 1.29 is 4.74 Å². The third-order valence-electron chi connectivity index (χ3n) is 1.68. The number of aryl methyl sites for hydroxylation is 2. The van der Waals surface area contributed by atoms with E-state index in [1.807, 2.05) is 13.0 Å². The second kappa shape index (κ2) is 3.37. The Labute approximate surface area is 67.2 Å². The molecule has 0 fully saturated rings. The van der Waals surface area contributed by atoms with Gasteiger partial charge in [0.25, 0.3) is 0 Å².